The minimum atomic E-state index is -0.623. The maximum Gasteiger partial charge on any atom is 0.242 e. The Morgan fingerprint density at radius 1 is 1.14 bits per heavy atom. The van der Waals surface area contributed by atoms with E-state index in [0.29, 0.717) is 28.7 Å². The van der Waals surface area contributed by atoms with Crippen LogP contribution >= 0.6 is 23.2 Å². The molecule has 2 aromatic rings. The second kappa shape index (κ2) is 11.1. The van der Waals surface area contributed by atoms with E-state index in [2.05, 4.69) is 5.32 Å². The first-order chi connectivity index (χ1) is 13.8. The number of carbonyl (C=O) groups excluding carboxylic acids is 2. The van der Waals surface area contributed by atoms with Crippen molar-refractivity contribution < 1.29 is 14.3 Å². The predicted octanol–water partition coefficient (Wildman–Crippen LogP) is 4.49. The van der Waals surface area contributed by atoms with Crippen LogP contribution in [-0.4, -0.2) is 36.4 Å². The van der Waals surface area contributed by atoms with Crippen LogP contribution in [0.4, 0.5) is 0 Å². The maximum absolute atomic E-state index is 13.1. The number of carbonyl (C=O) groups is 2. The minimum Gasteiger partial charge on any atom is -0.497 e. The highest BCUT2D eigenvalue weighted by Crippen LogP contribution is 2.23. The number of methoxy groups -OCH3 is 1. The van der Waals surface area contributed by atoms with E-state index in [0.717, 1.165) is 17.7 Å². The summed E-state index contributed by atoms with van der Waals surface area (Å²) in [6.45, 7) is 4.58. The molecule has 0 aliphatic heterocycles. The number of ether oxygens (including phenoxy) is 1. The van der Waals surface area contributed by atoms with E-state index in [1.807, 2.05) is 31.2 Å². The van der Waals surface area contributed by atoms with Gasteiger partial charge in [0.15, 0.2) is 0 Å². The Bertz CT molecular complexity index is 840. The molecule has 7 heteroatoms. The van der Waals surface area contributed by atoms with Crippen molar-refractivity contribution in [3.63, 3.8) is 0 Å². The predicted molar refractivity (Wildman–Crippen MR) is 116 cm³/mol. The van der Waals surface area contributed by atoms with Crippen LogP contribution in [0.25, 0.3) is 0 Å². The number of hydrogen-bond acceptors (Lipinski definition) is 3. The van der Waals surface area contributed by atoms with E-state index < -0.39 is 6.04 Å². The molecular weight excluding hydrogens is 411 g/mol. The van der Waals surface area contributed by atoms with Gasteiger partial charge >= 0.3 is 0 Å². The van der Waals surface area contributed by atoms with Crippen LogP contribution in [0.1, 0.15) is 31.4 Å². The van der Waals surface area contributed by atoms with Crippen molar-refractivity contribution in [1.82, 2.24) is 10.2 Å². The highest BCUT2D eigenvalue weighted by Gasteiger charge is 2.26. The van der Waals surface area contributed by atoms with Gasteiger partial charge in [-0.25, -0.2) is 0 Å². The van der Waals surface area contributed by atoms with Crippen molar-refractivity contribution in [3.05, 3.63) is 63.6 Å². The first-order valence-electron chi connectivity index (χ1n) is 9.49. The molecule has 1 unspecified atom stereocenters. The molecule has 0 radical (unpaired) electrons. The van der Waals surface area contributed by atoms with Crippen LogP contribution in [0.5, 0.6) is 5.75 Å². The monoisotopic (exact) mass is 436 g/mol. The van der Waals surface area contributed by atoms with Crippen LogP contribution in [0, 0.1) is 0 Å². The van der Waals surface area contributed by atoms with Crippen molar-refractivity contribution in [1.29, 1.82) is 0 Å². The molecule has 156 valence electrons. The van der Waals surface area contributed by atoms with Crippen LogP contribution in [0.2, 0.25) is 10.0 Å². The number of rotatable bonds is 9. The van der Waals surface area contributed by atoms with Gasteiger partial charge in [-0.2, -0.15) is 0 Å². The molecular formula is C22H26Cl2N2O3. The standard InChI is InChI=1S/C22H26Cl2N2O3/c1-4-11-25-22(28)15(2)26(14-16-5-9-19(29-3)10-6-16)21(27)12-17-7-8-18(23)13-20(17)24/h5-10,13,15H,4,11-12,14H2,1-3H3,(H,25,28). The van der Waals surface area contributed by atoms with Crippen molar-refractivity contribution in [2.45, 2.75) is 39.3 Å². The van der Waals surface area contributed by atoms with Gasteiger partial charge < -0.3 is 15.0 Å². The third-order valence-electron chi connectivity index (χ3n) is 4.59. The molecule has 0 fully saturated rings. The highest BCUT2D eigenvalue weighted by molar-refractivity contribution is 6.35. The number of hydrogen-bond donors (Lipinski definition) is 1. The lowest BCUT2D eigenvalue weighted by atomic mass is 10.1. The smallest absolute Gasteiger partial charge is 0.242 e. The molecule has 1 atom stereocenters. The zero-order valence-corrected chi connectivity index (χ0v) is 18.4. The molecule has 0 aliphatic carbocycles. The van der Waals surface area contributed by atoms with Gasteiger partial charge in [0.25, 0.3) is 0 Å². The van der Waals surface area contributed by atoms with Crippen molar-refractivity contribution in [2.24, 2.45) is 0 Å². The van der Waals surface area contributed by atoms with Gasteiger partial charge in [-0.15, -0.1) is 0 Å². The average molecular weight is 437 g/mol. The zero-order valence-electron chi connectivity index (χ0n) is 16.9. The lowest BCUT2D eigenvalue weighted by Gasteiger charge is -2.29. The van der Waals surface area contributed by atoms with Crippen LogP contribution in [0.3, 0.4) is 0 Å². The number of halogens is 2. The maximum atomic E-state index is 13.1. The van der Waals surface area contributed by atoms with Crippen LogP contribution in [0.15, 0.2) is 42.5 Å². The quantitative estimate of drug-likeness (QED) is 0.629. The van der Waals surface area contributed by atoms with Gasteiger partial charge in [-0.05, 0) is 48.7 Å². The Morgan fingerprint density at radius 3 is 2.41 bits per heavy atom. The van der Waals surface area contributed by atoms with Gasteiger partial charge in [0.1, 0.15) is 11.8 Å². The van der Waals surface area contributed by atoms with E-state index >= 15 is 0 Å². The van der Waals surface area contributed by atoms with Gasteiger partial charge in [0.2, 0.25) is 11.8 Å². The fourth-order valence-corrected chi connectivity index (χ4v) is 3.31. The summed E-state index contributed by atoms with van der Waals surface area (Å²) in [5, 5.41) is 3.79. The molecule has 2 amide bonds. The summed E-state index contributed by atoms with van der Waals surface area (Å²) >= 11 is 12.2. The normalized spacial score (nSPS) is 11.6. The topological polar surface area (TPSA) is 58.6 Å². The fraction of sp³-hybridized carbons (Fsp3) is 0.364. The molecule has 29 heavy (non-hydrogen) atoms. The summed E-state index contributed by atoms with van der Waals surface area (Å²) < 4.78 is 5.18. The lowest BCUT2D eigenvalue weighted by Crippen LogP contribution is -2.48. The molecule has 0 aromatic heterocycles. The Morgan fingerprint density at radius 2 is 1.83 bits per heavy atom. The minimum absolute atomic E-state index is 0.0809. The summed E-state index contributed by atoms with van der Waals surface area (Å²) in [5.41, 5.74) is 1.57. The second-order valence-electron chi connectivity index (χ2n) is 6.75. The molecule has 0 spiro atoms. The van der Waals surface area contributed by atoms with E-state index in [1.54, 1.807) is 37.1 Å². The number of benzene rings is 2. The lowest BCUT2D eigenvalue weighted by molar-refractivity contribution is -0.140. The van der Waals surface area contributed by atoms with Gasteiger partial charge in [-0.1, -0.05) is 48.3 Å². The fourth-order valence-electron chi connectivity index (χ4n) is 2.84. The van der Waals surface area contributed by atoms with Crippen LogP contribution < -0.4 is 10.1 Å². The Labute approximate surface area is 181 Å². The molecule has 0 heterocycles. The summed E-state index contributed by atoms with van der Waals surface area (Å²) in [5.74, 6) is 0.355. The van der Waals surface area contributed by atoms with Crippen molar-refractivity contribution >= 4 is 35.0 Å². The molecule has 2 rings (SSSR count). The molecule has 0 saturated heterocycles. The average Bonchev–Trinajstić information content (AvgIpc) is 2.72. The summed E-state index contributed by atoms with van der Waals surface area (Å²) in [4.78, 5) is 27.2. The van der Waals surface area contributed by atoms with Crippen molar-refractivity contribution in [2.75, 3.05) is 13.7 Å². The Balaban J connectivity index is 2.23. The second-order valence-corrected chi connectivity index (χ2v) is 7.59. The molecule has 0 saturated carbocycles. The first kappa shape index (κ1) is 23.0. The first-order valence-corrected chi connectivity index (χ1v) is 10.2. The van der Waals surface area contributed by atoms with E-state index in [9.17, 15) is 9.59 Å². The van der Waals surface area contributed by atoms with Crippen LogP contribution in [-0.2, 0) is 22.6 Å². The third-order valence-corrected chi connectivity index (χ3v) is 5.17. The molecule has 1 N–H and O–H groups in total. The number of nitrogens with one attached hydrogen (secondary N) is 1. The molecule has 2 aromatic carbocycles. The third kappa shape index (κ3) is 6.65. The van der Waals surface area contributed by atoms with E-state index in [4.69, 9.17) is 27.9 Å². The largest absolute Gasteiger partial charge is 0.497 e. The summed E-state index contributed by atoms with van der Waals surface area (Å²) in [7, 11) is 1.60. The van der Waals surface area contributed by atoms with Gasteiger partial charge in [-0.3, -0.25) is 9.59 Å². The highest BCUT2D eigenvalue weighted by atomic mass is 35.5. The van der Waals surface area contributed by atoms with E-state index in [1.165, 1.54) is 0 Å². The molecule has 0 bridgehead atoms. The van der Waals surface area contributed by atoms with Crippen molar-refractivity contribution in [3.8, 4) is 5.75 Å². The zero-order chi connectivity index (χ0) is 21.4. The van der Waals surface area contributed by atoms with Gasteiger partial charge in [0.05, 0.1) is 13.5 Å². The number of amides is 2. The SMILES string of the molecule is CCCNC(=O)C(C)N(Cc1ccc(OC)cc1)C(=O)Cc1ccc(Cl)cc1Cl. The van der Waals surface area contributed by atoms with Gasteiger partial charge in [0, 0.05) is 23.1 Å². The Hall–Kier alpha value is -2.24. The summed E-state index contributed by atoms with van der Waals surface area (Å²) in [6.07, 6.45) is 0.906. The molecule has 5 nitrogen and oxygen atoms in total. The molecule has 0 aliphatic rings. The van der Waals surface area contributed by atoms with E-state index in [-0.39, 0.29) is 18.2 Å². The number of nitrogens with zero attached hydrogens (tertiary/aromatic N) is 1. The Kier molecular flexibility index (Phi) is 8.80. The summed E-state index contributed by atoms with van der Waals surface area (Å²) in [6, 6.07) is 11.8.